The standard InChI is InChI=1S/C23H31N5O4S/c1-2-32-20-9-8-19(15-21(20)33(30,31)28-13-4-3-5-14-28)26-23(29)18-7-6-12-27(17-18)22-16-24-10-11-25-22/h8-11,15-16,18H,2-7,12-14,17H2,1H3,(H,26,29). The van der Waals surface area contributed by atoms with Crippen LogP contribution in [0, 0.1) is 5.92 Å². The Kier molecular flexibility index (Phi) is 7.44. The zero-order valence-corrected chi connectivity index (χ0v) is 19.8. The van der Waals surface area contributed by atoms with Crippen molar-refractivity contribution >= 4 is 27.4 Å². The molecule has 0 spiro atoms. The molecule has 2 aromatic rings. The Hall–Kier alpha value is -2.72. The van der Waals surface area contributed by atoms with E-state index in [0.717, 1.165) is 44.5 Å². The highest BCUT2D eigenvalue weighted by molar-refractivity contribution is 7.89. The Morgan fingerprint density at radius 1 is 1.15 bits per heavy atom. The van der Waals surface area contributed by atoms with Gasteiger partial charge in [-0.25, -0.2) is 13.4 Å². The van der Waals surface area contributed by atoms with Gasteiger partial charge in [0.05, 0.1) is 18.7 Å². The van der Waals surface area contributed by atoms with Crippen molar-refractivity contribution in [2.45, 2.75) is 43.9 Å². The lowest BCUT2D eigenvalue weighted by atomic mass is 9.97. The molecule has 0 aliphatic carbocycles. The van der Waals surface area contributed by atoms with Crippen LogP contribution in [0.25, 0.3) is 0 Å². The predicted octanol–water partition coefficient (Wildman–Crippen LogP) is 2.91. The Balaban J connectivity index is 1.52. The van der Waals surface area contributed by atoms with Gasteiger partial charge in [-0.15, -0.1) is 0 Å². The van der Waals surface area contributed by atoms with Crippen molar-refractivity contribution in [1.29, 1.82) is 0 Å². The number of anilines is 2. The number of carbonyl (C=O) groups is 1. The minimum absolute atomic E-state index is 0.105. The molecule has 9 nitrogen and oxygen atoms in total. The lowest BCUT2D eigenvalue weighted by Gasteiger charge is -2.32. The van der Waals surface area contributed by atoms with Crippen molar-refractivity contribution in [3.63, 3.8) is 0 Å². The van der Waals surface area contributed by atoms with E-state index in [0.29, 0.717) is 37.7 Å². The third kappa shape index (κ3) is 5.44. The van der Waals surface area contributed by atoms with Gasteiger partial charge in [0.2, 0.25) is 15.9 Å². The van der Waals surface area contributed by atoms with Gasteiger partial charge in [0.25, 0.3) is 0 Å². The van der Waals surface area contributed by atoms with Crippen LogP contribution in [0.5, 0.6) is 5.75 Å². The Labute approximate surface area is 195 Å². The van der Waals surface area contributed by atoms with E-state index >= 15 is 0 Å². The van der Waals surface area contributed by atoms with Crippen LogP contribution in [-0.2, 0) is 14.8 Å². The number of nitrogens with zero attached hydrogens (tertiary/aromatic N) is 4. The number of nitrogens with one attached hydrogen (secondary N) is 1. The number of benzene rings is 1. The summed E-state index contributed by atoms with van der Waals surface area (Å²) in [6.07, 6.45) is 9.33. The summed E-state index contributed by atoms with van der Waals surface area (Å²) in [5, 5.41) is 2.93. The average Bonchev–Trinajstić information content (AvgIpc) is 2.86. The number of hydrogen-bond donors (Lipinski definition) is 1. The van der Waals surface area contributed by atoms with Gasteiger partial charge in [0, 0.05) is 44.3 Å². The van der Waals surface area contributed by atoms with Crippen LogP contribution in [0.3, 0.4) is 0 Å². The Morgan fingerprint density at radius 3 is 2.70 bits per heavy atom. The number of carbonyl (C=O) groups excluding carboxylic acids is 1. The molecular weight excluding hydrogens is 442 g/mol. The molecule has 1 aromatic heterocycles. The molecule has 4 rings (SSSR count). The highest BCUT2D eigenvalue weighted by atomic mass is 32.2. The molecule has 1 aromatic carbocycles. The van der Waals surface area contributed by atoms with Gasteiger partial charge in [0.1, 0.15) is 16.5 Å². The van der Waals surface area contributed by atoms with Crippen LogP contribution in [0.1, 0.15) is 39.0 Å². The third-order valence-corrected chi connectivity index (χ3v) is 8.03. The van der Waals surface area contributed by atoms with Crippen molar-refractivity contribution in [3.8, 4) is 5.75 Å². The molecule has 2 aliphatic rings. The Bertz CT molecular complexity index is 1060. The number of sulfonamides is 1. The fourth-order valence-electron chi connectivity index (χ4n) is 4.40. The minimum Gasteiger partial charge on any atom is -0.492 e. The minimum atomic E-state index is -3.71. The van der Waals surface area contributed by atoms with Crippen LogP contribution < -0.4 is 15.0 Å². The number of amides is 1. The second-order valence-corrected chi connectivity index (χ2v) is 10.3. The van der Waals surface area contributed by atoms with Crippen LogP contribution in [0.4, 0.5) is 11.5 Å². The molecule has 0 bridgehead atoms. The van der Waals surface area contributed by atoms with E-state index < -0.39 is 10.0 Å². The summed E-state index contributed by atoms with van der Waals surface area (Å²) in [4.78, 5) is 23.7. The molecule has 10 heteroatoms. The van der Waals surface area contributed by atoms with Gasteiger partial charge in [-0.05, 0) is 50.8 Å². The van der Waals surface area contributed by atoms with Gasteiger partial charge in [-0.1, -0.05) is 6.42 Å². The molecule has 0 saturated carbocycles. The maximum atomic E-state index is 13.3. The van der Waals surface area contributed by atoms with Gasteiger partial charge >= 0.3 is 0 Å². The van der Waals surface area contributed by atoms with E-state index in [1.165, 1.54) is 10.4 Å². The Morgan fingerprint density at radius 2 is 1.97 bits per heavy atom. The smallest absolute Gasteiger partial charge is 0.246 e. The van der Waals surface area contributed by atoms with E-state index in [9.17, 15) is 13.2 Å². The first-order chi connectivity index (χ1) is 16.0. The molecule has 1 atom stereocenters. The summed E-state index contributed by atoms with van der Waals surface area (Å²) < 4.78 is 33.8. The maximum Gasteiger partial charge on any atom is 0.246 e. The normalized spacial score (nSPS) is 19.8. The highest BCUT2D eigenvalue weighted by Gasteiger charge is 2.30. The van der Waals surface area contributed by atoms with Crippen LogP contribution in [0.2, 0.25) is 0 Å². The molecule has 3 heterocycles. The molecule has 178 valence electrons. The van der Waals surface area contributed by atoms with Gasteiger partial charge in [-0.3, -0.25) is 9.78 Å². The number of hydrogen-bond acceptors (Lipinski definition) is 7. The van der Waals surface area contributed by atoms with Gasteiger partial charge in [-0.2, -0.15) is 4.31 Å². The van der Waals surface area contributed by atoms with Crippen molar-refractivity contribution in [2.75, 3.05) is 43.0 Å². The van der Waals surface area contributed by atoms with Crippen molar-refractivity contribution < 1.29 is 17.9 Å². The third-order valence-electron chi connectivity index (χ3n) is 6.11. The summed E-state index contributed by atoms with van der Waals surface area (Å²) in [5.74, 6) is 0.710. The van der Waals surface area contributed by atoms with Gasteiger partial charge in [0.15, 0.2) is 0 Å². The fourth-order valence-corrected chi connectivity index (χ4v) is 6.08. The fraction of sp³-hybridized carbons (Fsp3) is 0.522. The molecule has 1 unspecified atom stereocenters. The molecule has 2 fully saturated rings. The predicted molar refractivity (Wildman–Crippen MR) is 126 cm³/mol. The second-order valence-electron chi connectivity index (χ2n) is 8.40. The zero-order valence-electron chi connectivity index (χ0n) is 18.9. The molecule has 1 amide bonds. The number of aromatic nitrogens is 2. The molecule has 1 N–H and O–H groups in total. The van der Waals surface area contributed by atoms with Crippen LogP contribution in [0.15, 0.2) is 41.7 Å². The first-order valence-corrected chi connectivity index (χ1v) is 13.0. The molecule has 33 heavy (non-hydrogen) atoms. The second kappa shape index (κ2) is 10.5. The van der Waals surface area contributed by atoms with Crippen molar-refractivity contribution in [3.05, 3.63) is 36.8 Å². The van der Waals surface area contributed by atoms with Crippen LogP contribution >= 0.6 is 0 Å². The average molecular weight is 474 g/mol. The topological polar surface area (TPSA) is 105 Å². The van der Waals surface area contributed by atoms with E-state index in [2.05, 4.69) is 20.2 Å². The SMILES string of the molecule is CCOc1ccc(NC(=O)C2CCCN(c3cnccn3)C2)cc1S(=O)(=O)N1CCCCC1. The lowest BCUT2D eigenvalue weighted by molar-refractivity contribution is -0.120. The summed E-state index contributed by atoms with van der Waals surface area (Å²) >= 11 is 0. The largest absolute Gasteiger partial charge is 0.492 e. The lowest BCUT2D eigenvalue weighted by Crippen LogP contribution is -2.41. The van der Waals surface area contributed by atoms with E-state index in [-0.39, 0.29) is 16.7 Å². The number of ether oxygens (including phenoxy) is 1. The van der Waals surface area contributed by atoms with E-state index in [1.807, 2.05) is 6.92 Å². The van der Waals surface area contributed by atoms with Crippen LogP contribution in [-0.4, -0.2) is 61.4 Å². The summed E-state index contributed by atoms with van der Waals surface area (Å²) in [6, 6.07) is 4.85. The summed E-state index contributed by atoms with van der Waals surface area (Å²) in [5.41, 5.74) is 0.454. The molecular formula is C23H31N5O4S. The molecule has 2 saturated heterocycles. The number of rotatable bonds is 7. The first kappa shape index (κ1) is 23.4. The highest BCUT2D eigenvalue weighted by Crippen LogP contribution is 2.32. The maximum absolute atomic E-state index is 13.3. The quantitative estimate of drug-likeness (QED) is 0.659. The van der Waals surface area contributed by atoms with Crippen molar-refractivity contribution in [1.82, 2.24) is 14.3 Å². The summed E-state index contributed by atoms with van der Waals surface area (Å²) in [6.45, 7) is 4.55. The van der Waals surface area contributed by atoms with E-state index in [1.54, 1.807) is 30.7 Å². The molecule has 2 aliphatic heterocycles. The van der Waals surface area contributed by atoms with Gasteiger partial charge < -0.3 is 15.0 Å². The number of piperidine rings is 2. The van der Waals surface area contributed by atoms with Crippen molar-refractivity contribution in [2.24, 2.45) is 5.92 Å². The van der Waals surface area contributed by atoms with E-state index in [4.69, 9.17) is 4.74 Å². The zero-order chi connectivity index (χ0) is 23.3. The first-order valence-electron chi connectivity index (χ1n) is 11.6. The molecule has 0 radical (unpaired) electrons. The summed E-state index contributed by atoms with van der Waals surface area (Å²) in [7, 11) is -3.71. The monoisotopic (exact) mass is 473 g/mol.